The number of fused-ring (bicyclic) bond motifs is 1. The number of methoxy groups -OCH3 is 1. The minimum atomic E-state index is -0.118. The minimum Gasteiger partial charge on any atom is -0.496 e. The van der Waals surface area contributed by atoms with Gasteiger partial charge >= 0.3 is 0 Å². The topological polar surface area (TPSA) is 83.0 Å². The van der Waals surface area contributed by atoms with E-state index < -0.39 is 0 Å². The summed E-state index contributed by atoms with van der Waals surface area (Å²) in [4.78, 5) is 16.3. The van der Waals surface area contributed by atoms with Gasteiger partial charge in [-0.3, -0.25) is 9.48 Å². The lowest BCUT2D eigenvalue weighted by molar-refractivity contribution is 0.367. The maximum Gasteiger partial charge on any atom is 0.248 e. The third-order valence-electron chi connectivity index (χ3n) is 3.86. The zero-order chi connectivity index (χ0) is 17.2. The van der Waals surface area contributed by atoms with E-state index in [9.17, 15) is 4.79 Å². The quantitative estimate of drug-likeness (QED) is 0.570. The van der Waals surface area contributed by atoms with Gasteiger partial charge in [0.2, 0.25) is 17.1 Å². The van der Waals surface area contributed by atoms with Crippen molar-refractivity contribution in [3.8, 4) is 17.1 Å². The van der Waals surface area contributed by atoms with Crippen molar-refractivity contribution in [1.29, 1.82) is 0 Å². The molecule has 0 radical (unpaired) electrons. The van der Waals surface area contributed by atoms with Gasteiger partial charge in [-0.1, -0.05) is 29.4 Å². The highest BCUT2D eigenvalue weighted by Gasteiger charge is 2.14. The number of ether oxygens (including phenoxy) is 1. The summed E-state index contributed by atoms with van der Waals surface area (Å²) in [5.74, 6) is 1.50. The fourth-order valence-corrected chi connectivity index (χ4v) is 2.67. The van der Waals surface area contributed by atoms with Gasteiger partial charge < -0.3 is 9.26 Å². The molecule has 2 heterocycles. The fourth-order valence-electron chi connectivity index (χ4n) is 2.67. The van der Waals surface area contributed by atoms with Crippen LogP contribution >= 0.6 is 0 Å². The number of para-hydroxylation sites is 2. The molecule has 0 N–H and O–H groups in total. The molecule has 2 aromatic carbocycles. The molecule has 0 fully saturated rings. The zero-order valence-corrected chi connectivity index (χ0v) is 13.4. The summed E-state index contributed by atoms with van der Waals surface area (Å²) in [7, 11) is 1.59. The Balaban J connectivity index is 1.71. The Morgan fingerprint density at radius 1 is 1.12 bits per heavy atom. The van der Waals surface area contributed by atoms with Crippen molar-refractivity contribution >= 4 is 10.9 Å². The van der Waals surface area contributed by atoms with Gasteiger partial charge in [-0.15, -0.1) is 0 Å². The van der Waals surface area contributed by atoms with Crippen molar-refractivity contribution in [3.05, 3.63) is 70.8 Å². The Labute approximate surface area is 142 Å². The van der Waals surface area contributed by atoms with E-state index in [1.54, 1.807) is 17.9 Å². The van der Waals surface area contributed by atoms with Crippen molar-refractivity contribution in [3.63, 3.8) is 0 Å². The minimum absolute atomic E-state index is 0.118. The third kappa shape index (κ3) is 2.76. The molecule has 124 valence electrons. The van der Waals surface area contributed by atoms with Gasteiger partial charge in [0.15, 0.2) is 0 Å². The van der Waals surface area contributed by atoms with E-state index in [4.69, 9.17) is 9.26 Å². The van der Waals surface area contributed by atoms with Crippen LogP contribution in [0, 0.1) is 0 Å². The molecule has 0 aliphatic rings. The van der Waals surface area contributed by atoms with Crippen LogP contribution in [0.4, 0.5) is 0 Å². The molecule has 0 spiro atoms. The Kier molecular flexibility index (Phi) is 3.74. The molecule has 0 atom stereocenters. The lowest BCUT2D eigenvalue weighted by Crippen LogP contribution is -2.13. The molecule has 4 aromatic rings. The standard InChI is InChI=1S/C18H14N4O3/c1-24-16-9-5-3-7-13(16)18-20-17(25-21-18)11-22-14-8-4-2-6-12(14)15(23)10-19-22/h2-10H,11H2,1H3. The predicted octanol–water partition coefficient (Wildman–Crippen LogP) is 2.50. The second kappa shape index (κ2) is 6.20. The van der Waals surface area contributed by atoms with E-state index in [1.165, 1.54) is 6.20 Å². The van der Waals surface area contributed by atoms with Gasteiger partial charge in [0, 0.05) is 5.39 Å². The largest absolute Gasteiger partial charge is 0.496 e. The molecular formula is C18H14N4O3. The van der Waals surface area contributed by atoms with Gasteiger partial charge in [-0.2, -0.15) is 10.1 Å². The maximum absolute atomic E-state index is 11.9. The van der Waals surface area contributed by atoms with Crippen LogP contribution in [0.15, 0.2) is 64.0 Å². The number of rotatable bonds is 4. The van der Waals surface area contributed by atoms with Crippen molar-refractivity contribution in [1.82, 2.24) is 19.9 Å². The van der Waals surface area contributed by atoms with Crippen LogP contribution in [0.25, 0.3) is 22.3 Å². The first kappa shape index (κ1) is 15.1. The number of benzene rings is 2. The number of nitrogens with zero attached hydrogens (tertiary/aromatic N) is 4. The van der Waals surface area contributed by atoms with Gasteiger partial charge in [-0.25, -0.2) is 0 Å². The van der Waals surface area contributed by atoms with E-state index >= 15 is 0 Å². The van der Waals surface area contributed by atoms with Crippen molar-refractivity contribution in [2.45, 2.75) is 6.54 Å². The molecule has 0 amide bonds. The van der Waals surface area contributed by atoms with E-state index in [0.29, 0.717) is 28.4 Å². The highest BCUT2D eigenvalue weighted by atomic mass is 16.5. The average Bonchev–Trinajstić information content (AvgIpc) is 3.12. The molecule has 0 unspecified atom stereocenters. The molecule has 7 nitrogen and oxygen atoms in total. The van der Waals surface area contributed by atoms with E-state index in [-0.39, 0.29) is 12.0 Å². The van der Waals surface area contributed by atoms with Gasteiger partial charge in [0.05, 0.1) is 24.4 Å². The Hall–Kier alpha value is -3.48. The number of hydrogen-bond acceptors (Lipinski definition) is 6. The average molecular weight is 334 g/mol. The first-order chi connectivity index (χ1) is 12.3. The molecular weight excluding hydrogens is 320 g/mol. The number of aromatic nitrogens is 4. The number of hydrogen-bond donors (Lipinski definition) is 0. The smallest absolute Gasteiger partial charge is 0.248 e. The molecule has 2 aromatic heterocycles. The summed E-state index contributed by atoms with van der Waals surface area (Å²) in [6, 6.07) is 14.7. The van der Waals surface area contributed by atoms with Crippen molar-refractivity contribution in [2.24, 2.45) is 0 Å². The van der Waals surface area contributed by atoms with Crippen molar-refractivity contribution in [2.75, 3.05) is 7.11 Å². The maximum atomic E-state index is 11.9. The summed E-state index contributed by atoms with van der Waals surface area (Å²) in [5.41, 5.74) is 1.34. The SMILES string of the molecule is COc1ccccc1-c1noc(Cn2ncc(=O)c3ccccc32)n1. The summed E-state index contributed by atoms with van der Waals surface area (Å²) >= 11 is 0. The van der Waals surface area contributed by atoms with Crippen LogP contribution < -0.4 is 10.2 Å². The highest BCUT2D eigenvalue weighted by molar-refractivity contribution is 5.77. The van der Waals surface area contributed by atoms with Crippen LogP contribution in [0.5, 0.6) is 5.75 Å². The van der Waals surface area contributed by atoms with E-state index in [2.05, 4.69) is 15.2 Å². The van der Waals surface area contributed by atoms with E-state index in [1.807, 2.05) is 42.5 Å². The Morgan fingerprint density at radius 3 is 2.80 bits per heavy atom. The van der Waals surface area contributed by atoms with Crippen LogP contribution in [-0.4, -0.2) is 27.0 Å². The summed E-state index contributed by atoms with van der Waals surface area (Å²) in [6.07, 6.45) is 1.29. The monoisotopic (exact) mass is 334 g/mol. The molecule has 0 saturated carbocycles. The third-order valence-corrected chi connectivity index (χ3v) is 3.86. The second-order valence-corrected chi connectivity index (χ2v) is 5.40. The highest BCUT2D eigenvalue weighted by Crippen LogP contribution is 2.27. The van der Waals surface area contributed by atoms with Crippen LogP contribution in [0.2, 0.25) is 0 Å². The summed E-state index contributed by atoms with van der Waals surface area (Å²) in [6.45, 7) is 0.267. The normalized spacial score (nSPS) is 10.9. The molecule has 0 aliphatic carbocycles. The molecule has 4 rings (SSSR count). The Morgan fingerprint density at radius 2 is 1.92 bits per heavy atom. The predicted molar refractivity (Wildman–Crippen MR) is 91.4 cm³/mol. The lowest BCUT2D eigenvalue weighted by Gasteiger charge is -2.06. The molecule has 0 saturated heterocycles. The van der Waals surface area contributed by atoms with E-state index in [0.717, 1.165) is 5.56 Å². The van der Waals surface area contributed by atoms with Gasteiger partial charge in [0.25, 0.3) is 0 Å². The molecule has 0 bridgehead atoms. The Bertz CT molecular complexity index is 1100. The van der Waals surface area contributed by atoms with Crippen LogP contribution in [0.1, 0.15) is 5.89 Å². The lowest BCUT2D eigenvalue weighted by atomic mass is 10.2. The zero-order valence-electron chi connectivity index (χ0n) is 13.4. The second-order valence-electron chi connectivity index (χ2n) is 5.40. The van der Waals surface area contributed by atoms with Crippen molar-refractivity contribution < 1.29 is 9.26 Å². The first-order valence-corrected chi connectivity index (χ1v) is 7.67. The molecule has 0 aliphatic heterocycles. The fraction of sp³-hybridized carbons (Fsp3) is 0.111. The molecule has 25 heavy (non-hydrogen) atoms. The van der Waals surface area contributed by atoms with Crippen LogP contribution in [0.3, 0.4) is 0 Å². The first-order valence-electron chi connectivity index (χ1n) is 7.67. The van der Waals surface area contributed by atoms with Crippen LogP contribution in [-0.2, 0) is 6.54 Å². The van der Waals surface area contributed by atoms with Gasteiger partial charge in [0.1, 0.15) is 12.3 Å². The molecule has 7 heteroatoms. The summed E-state index contributed by atoms with van der Waals surface area (Å²) in [5, 5.41) is 8.79. The summed E-state index contributed by atoms with van der Waals surface area (Å²) < 4.78 is 12.3. The van der Waals surface area contributed by atoms with Gasteiger partial charge in [-0.05, 0) is 24.3 Å².